The number of amides is 1. The van der Waals surface area contributed by atoms with Crippen LogP contribution >= 0.6 is 0 Å². The van der Waals surface area contributed by atoms with Crippen LogP contribution in [0.4, 0.5) is 0 Å². The summed E-state index contributed by atoms with van der Waals surface area (Å²) in [7, 11) is 3.24. The Morgan fingerprint density at radius 1 is 0.815 bits per heavy atom. The molecule has 0 spiro atoms. The van der Waals surface area contributed by atoms with E-state index in [4.69, 9.17) is 9.47 Å². The van der Waals surface area contributed by atoms with Crippen molar-refractivity contribution in [1.29, 1.82) is 0 Å². The summed E-state index contributed by atoms with van der Waals surface area (Å²) in [4.78, 5) is 24.0. The average Bonchev–Trinajstić information content (AvgIpc) is 2.72. The van der Waals surface area contributed by atoms with Gasteiger partial charge in [-0.2, -0.15) is 0 Å². The topological polar surface area (TPSA) is 64.6 Å². The van der Waals surface area contributed by atoms with E-state index in [2.05, 4.69) is 17.4 Å². The molecule has 0 fully saturated rings. The molecule has 0 radical (unpaired) electrons. The molecule has 0 saturated carbocycles. The summed E-state index contributed by atoms with van der Waals surface area (Å²) < 4.78 is 10.2. The minimum absolute atomic E-state index is 0.0349. The summed E-state index contributed by atoms with van der Waals surface area (Å²) in [5.74, 6) is 1.45. The maximum Gasteiger partial charge on any atom is 0.220 e. The molecule has 144 valence electrons. The number of carbonyl (C=O) groups excluding carboxylic acids is 2. The van der Waals surface area contributed by atoms with Gasteiger partial charge in [0.1, 0.15) is 11.5 Å². The standard InChI is InChI=1S/C22H27NO4/c1-26-19-10-6-17(7-11-19)5-3-4-16-23-22(25)15-14-21(24)18-8-12-20(27-2)13-9-18/h6-13H,3-5,14-16H2,1-2H3,(H,23,25). The second-order valence-corrected chi connectivity index (χ2v) is 6.31. The summed E-state index contributed by atoms with van der Waals surface area (Å²) in [6.07, 6.45) is 3.30. The zero-order valence-electron chi connectivity index (χ0n) is 16.0. The van der Waals surface area contributed by atoms with Crippen molar-refractivity contribution in [3.63, 3.8) is 0 Å². The highest BCUT2D eigenvalue weighted by atomic mass is 16.5. The van der Waals surface area contributed by atoms with Gasteiger partial charge in [0.05, 0.1) is 14.2 Å². The number of methoxy groups -OCH3 is 2. The molecule has 5 nitrogen and oxygen atoms in total. The molecule has 0 aromatic heterocycles. The van der Waals surface area contributed by atoms with Crippen molar-refractivity contribution in [1.82, 2.24) is 5.32 Å². The summed E-state index contributed by atoms with van der Waals surface area (Å²) in [6.45, 7) is 0.631. The Morgan fingerprint density at radius 2 is 1.41 bits per heavy atom. The number of aryl methyl sites for hydroxylation is 1. The van der Waals surface area contributed by atoms with Crippen molar-refractivity contribution in [3.05, 3.63) is 59.7 Å². The fourth-order valence-electron chi connectivity index (χ4n) is 2.71. The van der Waals surface area contributed by atoms with Crippen LogP contribution < -0.4 is 14.8 Å². The molecule has 2 aromatic rings. The molecule has 0 heterocycles. The number of unbranched alkanes of at least 4 members (excludes halogenated alkanes) is 1. The molecule has 2 aromatic carbocycles. The van der Waals surface area contributed by atoms with E-state index in [1.54, 1.807) is 38.5 Å². The molecule has 1 N–H and O–H groups in total. The highest BCUT2D eigenvalue weighted by Crippen LogP contribution is 2.14. The number of ketones is 1. The van der Waals surface area contributed by atoms with E-state index in [9.17, 15) is 9.59 Å². The Kier molecular flexibility index (Phi) is 8.36. The molecule has 5 heteroatoms. The lowest BCUT2D eigenvalue weighted by Crippen LogP contribution is -2.24. The summed E-state index contributed by atoms with van der Waals surface area (Å²) in [6, 6.07) is 15.0. The number of rotatable bonds is 11. The predicted octanol–water partition coefficient (Wildman–Crippen LogP) is 3.81. The van der Waals surface area contributed by atoms with Crippen LogP contribution in [-0.2, 0) is 11.2 Å². The third-order valence-electron chi connectivity index (χ3n) is 4.36. The zero-order chi connectivity index (χ0) is 19.5. The van der Waals surface area contributed by atoms with Crippen molar-refractivity contribution in [2.24, 2.45) is 0 Å². The minimum atomic E-state index is -0.0821. The molecule has 0 unspecified atom stereocenters. The van der Waals surface area contributed by atoms with Gasteiger partial charge >= 0.3 is 0 Å². The third-order valence-corrected chi connectivity index (χ3v) is 4.36. The van der Waals surface area contributed by atoms with E-state index in [1.807, 2.05) is 12.1 Å². The molecule has 0 saturated heterocycles. The van der Waals surface area contributed by atoms with E-state index < -0.39 is 0 Å². The van der Waals surface area contributed by atoms with Gasteiger partial charge in [-0.25, -0.2) is 0 Å². The number of hydrogen-bond acceptors (Lipinski definition) is 4. The van der Waals surface area contributed by atoms with Crippen molar-refractivity contribution in [3.8, 4) is 11.5 Å². The predicted molar refractivity (Wildman–Crippen MR) is 106 cm³/mol. The summed E-state index contributed by atoms with van der Waals surface area (Å²) in [5.41, 5.74) is 1.86. The fourth-order valence-corrected chi connectivity index (χ4v) is 2.71. The molecule has 0 aliphatic carbocycles. The van der Waals surface area contributed by atoms with Crippen LogP contribution in [0.25, 0.3) is 0 Å². The Morgan fingerprint density at radius 3 is 2.00 bits per heavy atom. The van der Waals surface area contributed by atoms with E-state index in [-0.39, 0.29) is 24.5 Å². The molecule has 0 atom stereocenters. The van der Waals surface area contributed by atoms with Gasteiger partial charge in [0, 0.05) is 24.9 Å². The smallest absolute Gasteiger partial charge is 0.220 e. The lowest BCUT2D eigenvalue weighted by molar-refractivity contribution is -0.121. The van der Waals surface area contributed by atoms with E-state index in [0.29, 0.717) is 17.9 Å². The van der Waals surface area contributed by atoms with Crippen molar-refractivity contribution in [2.75, 3.05) is 20.8 Å². The molecule has 1 amide bonds. The Labute approximate surface area is 160 Å². The van der Waals surface area contributed by atoms with Gasteiger partial charge in [-0.15, -0.1) is 0 Å². The van der Waals surface area contributed by atoms with Crippen LogP contribution in [0.5, 0.6) is 11.5 Å². The zero-order valence-corrected chi connectivity index (χ0v) is 16.0. The highest BCUT2D eigenvalue weighted by molar-refractivity contribution is 5.98. The van der Waals surface area contributed by atoms with Gasteiger partial charge < -0.3 is 14.8 Å². The minimum Gasteiger partial charge on any atom is -0.497 e. The number of carbonyl (C=O) groups is 2. The Bertz CT molecular complexity index is 723. The second kappa shape index (κ2) is 11.0. The number of hydrogen-bond donors (Lipinski definition) is 1. The van der Waals surface area contributed by atoms with Crippen LogP contribution in [0.15, 0.2) is 48.5 Å². The SMILES string of the molecule is COc1ccc(CCCCNC(=O)CCC(=O)c2ccc(OC)cc2)cc1. The van der Waals surface area contributed by atoms with Crippen LogP contribution in [-0.4, -0.2) is 32.5 Å². The van der Waals surface area contributed by atoms with Gasteiger partial charge in [-0.3, -0.25) is 9.59 Å². The van der Waals surface area contributed by atoms with Crippen molar-refractivity contribution < 1.29 is 19.1 Å². The molecule has 0 aliphatic rings. The lowest BCUT2D eigenvalue weighted by atomic mass is 10.1. The monoisotopic (exact) mass is 369 g/mol. The van der Waals surface area contributed by atoms with Crippen LogP contribution in [0.2, 0.25) is 0 Å². The first kappa shape index (κ1) is 20.5. The first-order valence-electron chi connectivity index (χ1n) is 9.19. The fraction of sp³-hybridized carbons (Fsp3) is 0.364. The summed E-state index contributed by atoms with van der Waals surface area (Å²) in [5, 5.41) is 2.88. The highest BCUT2D eigenvalue weighted by Gasteiger charge is 2.09. The van der Waals surface area contributed by atoms with Gasteiger partial charge in [0.25, 0.3) is 0 Å². The van der Waals surface area contributed by atoms with Gasteiger partial charge in [-0.1, -0.05) is 12.1 Å². The van der Waals surface area contributed by atoms with Gasteiger partial charge in [-0.05, 0) is 61.2 Å². The molecule has 0 bridgehead atoms. The van der Waals surface area contributed by atoms with Crippen molar-refractivity contribution in [2.45, 2.75) is 32.1 Å². The first-order chi connectivity index (χ1) is 13.1. The normalized spacial score (nSPS) is 10.3. The summed E-state index contributed by atoms with van der Waals surface area (Å²) >= 11 is 0. The molecule has 2 rings (SSSR count). The lowest BCUT2D eigenvalue weighted by Gasteiger charge is -2.06. The number of Topliss-reactive ketones (excluding diaryl/α,β-unsaturated/α-hetero) is 1. The third kappa shape index (κ3) is 7.13. The van der Waals surface area contributed by atoms with Gasteiger partial charge in [0.2, 0.25) is 5.91 Å². The van der Waals surface area contributed by atoms with Crippen LogP contribution in [0.1, 0.15) is 41.6 Å². The number of benzene rings is 2. The van der Waals surface area contributed by atoms with E-state index in [0.717, 1.165) is 25.0 Å². The van der Waals surface area contributed by atoms with Gasteiger partial charge in [0.15, 0.2) is 5.78 Å². The molecule has 27 heavy (non-hydrogen) atoms. The molecular weight excluding hydrogens is 342 g/mol. The van der Waals surface area contributed by atoms with E-state index >= 15 is 0 Å². The van der Waals surface area contributed by atoms with Crippen LogP contribution in [0.3, 0.4) is 0 Å². The van der Waals surface area contributed by atoms with Crippen molar-refractivity contribution >= 4 is 11.7 Å². The molecular formula is C22H27NO4. The van der Waals surface area contributed by atoms with Crippen LogP contribution in [0, 0.1) is 0 Å². The maximum absolute atomic E-state index is 12.1. The largest absolute Gasteiger partial charge is 0.497 e. The first-order valence-corrected chi connectivity index (χ1v) is 9.19. The van der Waals surface area contributed by atoms with E-state index in [1.165, 1.54) is 5.56 Å². The Hall–Kier alpha value is -2.82. The molecule has 0 aliphatic heterocycles. The second-order valence-electron chi connectivity index (χ2n) is 6.31. The number of nitrogens with one attached hydrogen (secondary N) is 1. The maximum atomic E-state index is 12.1. The Balaban J connectivity index is 1.59. The number of ether oxygens (including phenoxy) is 2. The quantitative estimate of drug-likeness (QED) is 0.483. The average molecular weight is 369 g/mol.